The molecule has 0 radical (unpaired) electrons. The van der Waals surface area contributed by atoms with E-state index in [4.69, 9.17) is 9.15 Å². The summed E-state index contributed by atoms with van der Waals surface area (Å²) in [4.78, 5) is 27.3. The topological polar surface area (TPSA) is 80.0 Å². The maximum Gasteiger partial charge on any atom is 0.296 e. The lowest BCUT2D eigenvalue weighted by molar-refractivity contribution is -0.140. The zero-order valence-electron chi connectivity index (χ0n) is 17.9. The summed E-state index contributed by atoms with van der Waals surface area (Å²) in [7, 11) is 1.54. The highest BCUT2D eigenvalue weighted by Gasteiger charge is 2.47. The van der Waals surface area contributed by atoms with Gasteiger partial charge in [-0.25, -0.2) is 4.39 Å². The molecular weight excluding hydrogens is 413 g/mol. The summed E-state index contributed by atoms with van der Waals surface area (Å²) in [6, 6.07) is 11.5. The Balaban J connectivity index is 1.93. The molecule has 3 aromatic rings. The average molecular weight is 435 g/mol. The van der Waals surface area contributed by atoms with E-state index in [1.165, 1.54) is 29.4 Å². The molecule has 32 heavy (non-hydrogen) atoms. The molecule has 1 atom stereocenters. The molecule has 6 nitrogen and oxygen atoms in total. The number of benzene rings is 2. The number of carbonyl (C=O) groups is 2. The van der Waals surface area contributed by atoms with Crippen LogP contribution in [0.1, 0.15) is 34.1 Å². The lowest BCUT2D eigenvalue weighted by Crippen LogP contribution is -2.29. The summed E-state index contributed by atoms with van der Waals surface area (Å²) in [5.74, 6) is -1.60. The molecule has 0 saturated carbocycles. The molecule has 1 aromatic heterocycles. The number of rotatable bonds is 5. The van der Waals surface area contributed by atoms with Crippen LogP contribution in [0.3, 0.4) is 0 Å². The van der Waals surface area contributed by atoms with Crippen LogP contribution in [0.5, 0.6) is 5.75 Å². The summed E-state index contributed by atoms with van der Waals surface area (Å²) in [6.45, 7) is 3.51. The van der Waals surface area contributed by atoms with Gasteiger partial charge in [-0.15, -0.1) is 0 Å². The minimum Gasteiger partial charge on any atom is -0.507 e. The Morgan fingerprint density at radius 2 is 1.88 bits per heavy atom. The molecule has 1 aliphatic heterocycles. The third kappa shape index (κ3) is 3.56. The second-order valence-corrected chi connectivity index (χ2v) is 7.66. The van der Waals surface area contributed by atoms with Crippen LogP contribution in [0.25, 0.3) is 5.76 Å². The van der Waals surface area contributed by atoms with E-state index in [0.717, 1.165) is 5.56 Å². The van der Waals surface area contributed by atoms with E-state index >= 15 is 0 Å². The minimum absolute atomic E-state index is 0.0476. The lowest BCUT2D eigenvalue weighted by atomic mass is 9.93. The Labute approximate surface area is 184 Å². The Bertz CT molecular complexity index is 1230. The summed E-state index contributed by atoms with van der Waals surface area (Å²) in [5, 5.41) is 11.2. The van der Waals surface area contributed by atoms with Gasteiger partial charge in [0.25, 0.3) is 11.7 Å². The Kier molecular flexibility index (Phi) is 5.57. The van der Waals surface area contributed by atoms with E-state index in [1.807, 2.05) is 0 Å². The molecule has 0 spiro atoms. The molecule has 1 saturated heterocycles. The van der Waals surface area contributed by atoms with Crippen LogP contribution >= 0.6 is 0 Å². The van der Waals surface area contributed by atoms with Gasteiger partial charge < -0.3 is 19.2 Å². The van der Waals surface area contributed by atoms with E-state index in [1.54, 1.807) is 51.3 Å². The molecule has 2 aromatic carbocycles. The van der Waals surface area contributed by atoms with Crippen molar-refractivity contribution in [2.75, 3.05) is 7.11 Å². The molecule has 4 rings (SSSR count). The van der Waals surface area contributed by atoms with Gasteiger partial charge in [0.2, 0.25) is 0 Å². The second kappa shape index (κ2) is 8.34. The zero-order chi connectivity index (χ0) is 23.0. The average Bonchev–Trinajstić information content (AvgIpc) is 3.37. The first-order valence-electron chi connectivity index (χ1n) is 10.0. The fourth-order valence-electron chi connectivity index (χ4n) is 4.04. The van der Waals surface area contributed by atoms with Crippen LogP contribution in [0.15, 0.2) is 64.8 Å². The number of furan rings is 1. The summed E-state index contributed by atoms with van der Waals surface area (Å²) >= 11 is 0. The first-order valence-corrected chi connectivity index (χ1v) is 10.0. The number of hydrogen-bond donors (Lipinski definition) is 1. The Morgan fingerprint density at radius 1 is 1.12 bits per heavy atom. The van der Waals surface area contributed by atoms with E-state index in [9.17, 15) is 19.1 Å². The number of aliphatic hydroxyl groups is 1. The largest absolute Gasteiger partial charge is 0.507 e. The normalized spacial score (nSPS) is 17.8. The predicted octanol–water partition coefficient (Wildman–Crippen LogP) is 4.67. The van der Waals surface area contributed by atoms with E-state index < -0.39 is 23.5 Å². The number of aliphatic hydroxyl groups excluding tert-OH is 1. The van der Waals surface area contributed by atoms with Crippen LogP contribution in [-0.4, -0.2) is 28.8 Å². The molecule has 7 heteroatoms. The number of Topliss-reactive ketones (excluding diaryl/α,β-unsaturated/α-hetero) is 1. The molecule has 1 amide bonds. The maximum absolute atomic E-state index is 14.8. The molecule has 0 bridgehead atoms. The van der Waals surface area contributed by atoms with Crippen LogP contribution in [0, 0.1) is 19.7 Å². The van der Waals surface area contributed by atoms with Gasteiger partial charge in [0, 0.05) is 11.1 Å². The smallest absolute Gasteiger partial charge is 0.296 e. The van der Waals surface area contributed by atoms with Gasteiger partial charge in [-0.2, -0.15) is 0 Å². The van der Waals surface area contributed by atoms with Crippen LogP contribution < -0.4 is 4.74 Å². The molecule has 0 aliphatic carbocycles. The van der Waals surface area contributed by atoms with Crippen molar-refractivity contribution in [2.45, 2.75) is 26.4 Å². The SMILES string of the molecule is COc1cc(C)c(/C(O)=C2\C(=O)C(=O)N(Cc3ccco3)C2c2ccccc2F)cc1C. The molecular formula is C25H22FNO5. The van der Waals surface area contributed by atoms with Crippen molar-refractivity contribution in [1.82, 2.24) is 4.90 Å². The predicted molar refractivity (Wildman–Crippen MR) is 115 cm³/mol. The first-order chi connectivity index (χ1) is 15.3. The second-order valence-electron chi connectivity index (χ2n) is 7.66. The number of nitrogens with zero attached hydrogens (tertiary/aromatic N) is 1. The summed E-state index contributed by atoms with van der Waals surface area (Å²) in [5.41, 5.74) is 1.71. The number of halogens is 1. The zero-order valence-corrected chi connectivity index (χ0v) is 17.9. The lowest BCUT2D eigenvalue weighted by Gasteiger charge is -2.25. The number of likely N-dealkylation sites (tertiary alicyclic amines) is 1. The van der Waals surface area contributed by atoms with Gasteiger partial charge in [-0.05, 0) is 55.3 Å². The molecule has 164 valence electrons. The number of ether oxygens (including phenoxy) is 1. The van der Waals surface area contributed by atoms with E-state index in [-0.39, 0.29) is 23.4 Å². The molecule has 1 N–H and O–H groups in total. The number of aryl methyl sites for hydroxylation is 2. The van der Waals surface area contributed by atoms with Crippen molar-refractivity contribution in [1.29, 1.82) is 0 Å². The van der Waals surface area contributed by atoms with Crippen molar-refractivity contribution >= 4 is 17.4 Å². The van der Waals surface area contributed by atoms with Gasteiger partial charge in [-0.1, -0.05) is 18.2 Å². The fraction of sp³-hybridized carbons (Fsp3) is 0.200. The van der Waals surface area contributed by atoms with Crippen molar-refractivity contribution in [3.8, 4) is 5.75 Å². The minimum atomic E-state index is -1.11. The van der Waals surface area contributed by atoms with Crippen LogP contribution in [-0.2, 0) is 16.1 Å². The van der Waals surface area contributed by atoms with Crippen molar-refractivity contribution in [3.05, 3.63) is 94.2 Å². The highest BCUT2D eigenvalue weighted by atomic mass is 19.1. The molecule has 1 aliphatic rings. The van der Waals surface area contributed by atoms with Gasteiger partial charge in [-0.3, -0.25) is 9.59 Å². The molecule has 1 unspecified atom stereocenters. The van der Waals surface area contributed by atoms with Gasteiger partial charge >= 0.3 is 0 Å². The number of methoxy groups -OCH3 is 1. The van der Waals surface area contributed by atoms with E-state index in [2.05, 4.69) is 0 Å². The van der Waals surface area contributed by atoms with Crippen LogP contribution in [0.2, 0.25) is 0 Å². The highest BCUT2D eigenvalue weighted by molar-refractivity contribution is 6.46. The molecule has 1 fully saturated rings. The van der Waals surface area contributed by atoms with Crippen LogP contribution in [0.4, 0.5) is 4.39 Å². The van der Waals surface area contributed by atoms with E-state index in [0.29, 0.717) is 22.6 Å². The van der Waals surface area contributed by atoms with Crippen molar-refractivity contribution < 1.29 is 28.2 Å². The van der Waals surface area contributed by atoms with Gasteiger partial charge in [0.15, 0.2) is 0 Å². The van der Waals surface area contributed by atoms with Crippen molar-refractivity contribution in [2.24, 2.45) is 0 Å². The third-order valence-electron chi connectivity index (χ3n) is 5.64. The number of hydrogen-bond acceptors (Lipinski definition) is 5. The number of carbonyl (C=O) groups excluding carboxylic acids is 2. The maximum atomic E-state index is 14.8. The quantitative estimate of drug-likeness (QED) is 0.358. The third-order valence-corrected chi connectivity index (χ3v) is 5.64. The number of ketones is 1. The van der Waals surface area contributed by atoms with Gasteiger partial charge in [0.05, 0.1) is 31.5 Å². The Hall–Kier alpha value is -3.87. The molecule has 2 heterocycles. The monoisotopic (exact) mass is 435 g/mol. The van der Waals surface area contributed by atoms with Gasteiger partial charge in [0.1, 0.15) is 23.1 Å². The Morgan fingerprint density at radius 3 is 2.53 bits per heavy atom. The number of amides is 1. The summed E-state index contributed by atoms with van der Waals surface area (Å²) < 4.78 is 25.5. The van der Waals surface area contributed by atoms with Crippen molar-refractivity contribution in [3.63, 3.8) is 0 Å². The highest BCUT2D eigenvalue weighted by Crippen LogP contribution is 2.42. The summed E-state index contributed by atoms with van der Waals surface area (Å²) in [6.07, 6.45) is 1.45. The fourth-order valence-corrected chi connectivity index (χ4v) is 4.04. The standard InChI is InChI=1S/C25H22FNO5/c1-14-12-20(31-3)15(2)11-18(14)23(28)21-22(17-8-4-5-9-19(17)26)27(25(30)24(21)29)13-16-7-6-10-32-16/h4-12,22,28H,13H2,1-3H3/b23-21+. The first kappa shape index (κ1) is 21.4.